The lowest BCUT2D eigenvalue weighted by atomic mass is 9.98. The molecular weight excluding hydrogens is 377 g/mol. The molecule has 3 rings (SSSR count). The van der Waals surface area contributed by atoms with Gasteiger partial charge in [0, 0.05) is 11.6 Å². The molecule has 2 unspecified atom stereocenters. The molecule has 0 spiro atoms. The Kier molecular flexibility index (Phi) is 6.52. The Morgan fingerprint density at radius 2 is 2.14 bits per heavy atom. The maximum atomic E-state index is 14.4. The van der Waals surface area contributed by atoms with Crippen LogP contribution in [0.25, 0.3) is 11.0 Å². The van der Waals surface area contributed by atoms with Crippen LogP contribution in [-0.4, -0.2) is 47.5 Å². The van der Waals surface area contributed by atoms with Gasteiger partial charge in [0.2, 0.25) is 5.88 Å². The molecule has 0 aliphatic carbocycles. The Labute approximate surface area is 170 Å². The molecule has 3 heterocycles. The first-order valence-corrected chi connectivity index (χ1v) is 9.84. The highest BCUT2D eigenvalue weighted by Gasteiger charge is 2.25. The number of alkyl carbamates (subject to hydrolysis) is 1. The smallest absolute Gasteiger partial charge is 0.407 e. The Morgan fingerprint density at radius 3 is 2.79 bits per heavy atom. The molecule has 1 aliphatic rings. The van der Waals surface area contributed by atoms with E-state index in [0.717, 1.165) is 12.8 Å². The van der Waals surface area contributed by atoms with E-state index in [-0.39, 0.29) is 18.0 Å². The summed E-state index contributed by atoms with van der Waals surface area (Å²) < 4.78 is 30.7. The lowest BCUT2D eigenvalue weighted by Gasteiger charge is -2.30. The number of aromatic nitrogens is 2. The van der Waals surface area contributed by atoms with Gasteiger partial charge < -0.3 is 19.5 Å². The Hall–Kier alpha value is -2.48. The first kappa shape index (κ1) is 21.2. The Bertz CT molecular complexity index is 861. The van der Waals surface area contributed by atoms with Crippen LogP contribution in [0.3, 0.4) is 0 Å². The highest BCUT2D eigenvalue weighted by molar-refractivity contribution is 5.78. The van der Waals surface area contributed by atoms with Gasteiger partial charge in [-0.05, 0) is 52.5 Å². The van der Waals surface area contributed by atoms with Gasteiger partial charge in [-0.2, -0.15) is 0 Å². The van der Waals surface area contributed by atoms with Crippen molar-refractivity contribution in [1.29, 1.82) is 0 Å². The molecule has 1 N–H and O–H groups in total. The van der Waals surface area contributed by atoms with Crippen LogP contribution in [0, 0.1) is 5.82 Å². The number of amides is 1. The summed E-state index contributed by atoms with van der Waals surface area (Å²) in [6, 6.07) is 3.40. The second-order valence-corrected chi connectivity index (χ2v) is 8.22. The van der Waals surface area contributed by atoms with Gasteiger partial charge in [0.25, 0.3) is 0 Å². The van der Waals surface area contributed by atoms with E-state index in [9.17, 15) is 9.18 Å². The van der Waals surface area contributed by atoms with E-state index in [4.69, 9.17) is 14.2 Å². The zero-order valence-corrected chi connectivity index (χ0v) is 17.3. The van der Waals surface area contributed by atoms with E-state index in [1.54, 1.807) is 12.1 Å². The summed E-state index contributed by atoms with van der Waals surface area (Å²) in [4.78, 5) is 20.3. The third-order valence-electron chi connectivity index (χ3n) is 4.76. The summed E-state index contributed by atoms with van der Waals surface area (Å²) in [5, 5.41) is 2.84. The first-order valence-electron chi connectivity index (χ1n) is 9.84. The number of ether oxygens (including phenoxy) is 3. The van der Waals surface area contributed by atoms with Gasteiger partial charge in [-0.25, -0.2) is 14.2 Å². The summed E-state index contributed by atoms with van der Waals surface area (Å²) in [6.07, 6.45) is 3.51. The van der Waals surface area contributed by atoms with E-state index >= 15 is 0 Å². The number of methoxy groups -OCH3 is 1. The molecule has 8 heteroatoms. The molecule has 0 aromatic carbocycles. The topological polar surface area (TPSA) is 82.6 Å². The maximum absolute atomic E-state index is 14.4. The number of pyridine rings is 2. The van der Waals surface area contributed by atoms with Crippen molar-refractivity contribution in [3.05, 3.63) is 29.7 Å². The zero-order valence-electron chi connectivity index (χ0n) is 17.3. The number of halogens is 1. The third-order valence-corrected chi connectivity index (χ3v) is 4.76. The molecule has 29 heavy (non-hydrogen) atoms. The van der Waals surface area contributed by atoms with Crippen LogP contribution in [-0.2, 0) is 15.9 Å². The highest BCUT2D eigenvalue weighted by Crippen LogP contribution is 2.25. The molecule has 158 valence electrons. The van der Waals surface area contributed by atoms with E-state index in [1.165, 1.54) is 13.3 Å². The molecule has 1 saturated heterocycles. The van der Waals surface area contributed by atoms with Gasteiger partial charge in [-0.3, -0.25) is 4.98 Å². The maximum Gasteiger partial charge on any atom is 0.407 e. The minimum atomic E-state index is -0.532. The SMILES string of the molecule is COc1ccc2ncc(F)c(CCC3CCC(NC(=O)OC(C)(C)C)CO3)c2n1. The summed E-state index contributed by atoms with van der Waals surface area (Å²) in [7, 11) is 1.53. The van der Waals surface area contributed by atoms with Crippen molar-refractivity contribution in [2.45, 2.75) is 64.2 Å². The third kappa shape index (κ3) is 5.76. The molecule has 1 aliphatic heterocycles. The fourth-order valence-corrected chi connectivity index (χ4v) is 3.36. The average molecular weight is 405 g/mol. The van der Waals surface area contributed by atoms with Gasteiger partial charge in [-0.1, -0.05) is 0 Å². The van der Waals surface area contributed by atoms with Crippen molar-refractivity contribution in [2.75, 3.05) is 13.7 Å². The Morgan fingerprint density at radius 1 is 1.34 bits per heavy atom. The molecule has 1 amide bonds. The molecule has 7 nitrogen and oxygen atoms in total. The second-order valence-electron chi connectivity index (χ2n) is 8.22. The van der Waals surface area contributed by atoms with Crippen molar-refractivity contribution in [2.24, 2.45) is 0 Å². The number of nitrogens with zero attached hydrogens (tertiary/aromatic N) is 2. The molecule has 0 radical (unpaired) electrons. The number of carbonyl (C=O) groups is 1. The summed E-state index contributed by atoms with van der Waals surface area (Å²) in [6.45, 7) is 5.89. The van der Waals surface area contributed by atoms with Crippen molar-refractivity contribution in [1.82, 2.24) is 15.3 Å². The van der Waals surface area contributed by atoms with Crippen LogP contribution in [0.1, 0.15) is 45.6 Å². The number of carbonyl (C=O) groups excluding carboxylic acids is 1. The molecular formula is C21H28FN3O4. The molecule has 2 atom stereocenters. The summed E-state index contributed by atoms with van der Waals surface area (Å²) >= 11 is 0. The average Bonchev–Trinajstić information content (AvgIpc) is 2.66. The fourth-order valence-electron chi connectivity index (χ4n) is 3.36. The van der Waals surface area contributed by atoms with Gasteiger partial charge >= 0.3 is 6.09 Å². The monoisotopic (exact) mass is 405 g/mol. The largest absolute Gasteiger partial charge is 0.481 e. The zero-order chi connectivity index (χ0) is 21.0. The van der Waals surface area contributed by atoms with Gasteiger partial charge in [0.1, 0.15) is 11.4 Å². The molecule has 0 bridgehead atoms. The quantitative estimate of drug-likeness (QED) is 0.815. The van der Waals surface area contributed by atoms with Crippen LogP contribution in [0.2, 0.25) is 0 Å². The van der Waals surface area contributed by atoms with Gasteiger partial charge in [0.05, 0.1) is 43.1 Å². The van der Waals surface area contributed by atoms with E-state index in [2.05, 4.69) is 15.3 Å². The van der Waals surface area contributed by atoms with Gasteiger partial charge in [-0.15, -0.1) is 0 Å². The predicted octanol–water partition coefficient (Wildman–Crippen LogP) is 3.78. The lowest BCUT2D eigenvalue weighted by Crippen LogP contribution is -2.44. The molecule has 2 aromatic rings. The predicted molar refractivity (Wildman–Crippen MR) is 107 cm³/mol. The number of hydrogen-bond acceptors (Lipinski definition) is 6. The summed E-state index contributed by atoms with van der Waals surface area (Å²) in [5.74, 6) is 0.0506. The standard InChI is InChI=1S/C21H28FN3O4/c1-21(2,3)29-20(26)24-13-5-6-14(28-12-13)7-8-15-16(22)11-23-17-9-10-18(27-4)25-19(15)17/h9-11,13-14H,5-8,12H2,1-4H3,(H,24,26). The van der Waals surface area contributed by atoms with Gasteiger partial charge in [0.15, 0.2) is 0 Å². The van der Waals surface area contributed by atoms with Crippen LogP contribution >= 0.6 is 0 Å². The van der Waals surface area contributed by atoms with E-state index < -0.39 is 11.7 Å². The summed E-state index contributed by atoms with van der Waals surface area (Å²) in [5.41, 5.74) is 1.14. The molecule has 1 fully saturated rings. The van der Waals surface area contributed by atoms with Crippen molar-refractivity contribution >= 4 is 17.1 Å². The second kappa shape index (κ2) is 8.90. The minimum absolute atomic E-state index is 0.0000837. The van der Waals surface area contributed by atoms with Crippen molar-refractivity contribution in [3.8, 4) is 5.88 Å². The molecule has 2 aromatic heterocycles. The number of rotatable bonds is 5. The van der Waals surface area contributed by atoms with Crippen LogP contribution in [0.15, 0.2) is 18.3 Å². The first-order chi connectivity index (χ1) is 13.7. The Balaban J connectivity index is 1.56. The minimum Gasteiger partial charge on any atom is -0.481 e. The van der Waals surface area contributed by atoms with E-state index in [0.29, 0.717) is 41.9 Å². The van der Waals surface area contributed by atoms with Crippen LogP contribution < -0.4 is 10.1 Å². The van der Waals surface area contributed by atoms with Crippen LogP contribution in [0.4, 0.5) is 9.18 Å². The normalized spacial score (nSPS) is 19.8. The van der Waals surface area contributed by atoms with E-state index in [1.807, 2.05) is 20.8 Å². The molecule has 0 saturated carbocycles. The van der Waals surface area contributed by atoms with Crippen molar-refractivity contribution in [3.63, 3.8) is 0 Å². The number of aryl methyl sites for hydroxylation is 1. The number of fused-ring (bicyclic) bond motifs is 1. The van der Waals surface area contributed by atoms with Crippen molar-refractivity contribution < 1.29 is 23.4 Å². The number of nitrogens with one attached hydrogen (secondary N) is 1. The number of hydrogen-bond donors (Lipinski definition) is 1. The fraction of sp³-hybridized carbons (Fsp3) is 0.571. The lowest BCUT2D eigenvalue weighted by molar-refractivity contribution is -0.0114. The highest BCUT2D eigenvalue weighted by atomic mass is 19.1. The van der Waals surface area contributed by atoms with Crippen LogP contribution in [0.5, 0.6) is 5.88 Å².